The van der Waals surface area contributed by atoms with Gasteiger partial charge in [0.05, 0.1) is 17.8 Å². The molecule has 7 nitrogen and oxygen atoms in total. The van der Waals surface area contributed by atoms with Crippen LogP contribution in [0.2, 0.25) is 0 Å². The maximum Gasteiger partial charge on any atom is 0.246 e. The van der Waals surface area contributed by atoms with Crippen LogP contribution in [0.15, 0.2) is 60.0 Å². The molecule has 2 heterocycles. The van der Waals surface area contributed by atoms with Crippen molar-refractivity contribution in [3.63, 3.8) is 0 Å². The minimum Gasteiger partial charge on any atom is -0.497 e. The second-order valence-corrected chi connectivity index (χ2v) is 9.31. The molecule has 0 bridgehead atoms. The number of benzene rings is 2. The summed E-state index contributed by atoms with van der Waals surface area (Å²) in [5.41, 5.74) is 1.86. The number of ether oxygens (including phenoxy) is 3. The molecule has 1 aliphatic heterocycles. The Morgan fingerprint density at radius 1 is 1.03 bits per heavy atom. The molecule has 1 aliphatic rings. The number of methoxy groups -OCH3 is 1. The van der Waals surface area contributed by atoms with Gasteiger partial charge < -0.3 is 19.1 Å². The summed E-state index contributed by atoms with van der Waals surface area (Å²) >= 11 is 1.61. The Labute approximate surface area is 210 Å². The third kappa shape index (κ3) is 7.56. The summed E-state index contributed by atoms with van der Waals surface area (Å²) in [6.07, 6.45) is 3.49. The minimum atomic E-state index is 0.0309. The standard InChI is InChI=1S/C27H31N3O4S/c1-21-28-23(20-35-21)19-34-26-5-3-4-22(18-26)6-11-27(31)30-14-12-29(13-15-30)16-17-33-25-9-7-24(32-2)8-10-25/h3-11,18,20H,12-17,19H2,1-2H3/b11-6+. The van der Waals surface area contributed by atoms with Crippen molar-refractivity contribution in [2.75, 3.05) is 46.4 Å². The first-order chi connectivity index (χ1) is 17.1. The first kappa shape index (κ1) is 24.8. The zero-order chi connectivity index (χ0) is 24.5. The third-order valence-corrected chi connectivity index (χ3v) is 6.57. The SMILES string of the molecule is COc1ccc(OCCN2CCN(C(=O)/C=C/c3cccc(OCc4csc(C)n4)c3)CC2)cc1. The maximum absolute atomic E-state index is 12.7. The van der Waals surface area contributed by atoms with Crippen molar-refractivity contribution in [2.24, 2.45) is 0 Å². The average Bonchev–Trinajstić information content (AvgIpc) is 3.32. The highest BCUT2D eigenvalue weighted by Crippen LogP contribution is 2.18. The smallest absolute Gasteiger partial charge is 0.246 e. The second-order valence-electron chi connectivity index (χ2n) is 8.24. The van der Waals surface area contributed by atoms with Crippen LogP contribution in [0.4, 0.5) is 0 Å². The van der Waals surface area contributed by atoms with Crippen LogP contribution in [0.3, 0.4) is 0 Å². The lowest BCUT2D eigenvalue weighted by atomic mass is 10.2. The van der Waals surface area contributed by atoms with Gasteiger partial charge in [-0.15, -0.1) is 11.3 Å². The van der Waals surface area contributed by atoms with Crippen LogP contribution in [0.1, 0.15) is 16.3 Å². The molecule has 0 radical (unpaired) electrons. The first-order valence-corrected chi connectivity index (χ1v) is 12.6. The fourth-order valence-electron chi connectivity index (χ4n) is 3.77. The molecule has 1 fully saturated rings. The van der Waals surface area contributed by atoms with Gasteiger partial charge >= 0.3 is 0 Å². The van der Waals surface area contributed by atoms with Crippen LogP contribution in [0.25, 0.3) is 6.08 Å². The molecular weight excluding hydrogens is 462 g/mol. The average molecular weight is 494 g/mol. The Bertz CT molecular complexity index is 1120. The molecule has 1 aromatic heterocycles. The molecule has 35 heavy (non-hydrogen) atoms. The highest BCUT2D eigenvalue weighted by molar-refractivity contribution is 7.09. The predicted molar refractivity (Wildman–Crippen MR) is 138 cm³/mol. The number of nitrogens with zero attached hydrogens (tertiary/aromatic N) is 3. The van der Waals surface area contributed by atoms with Crippen molar-refractivity contribution in [3.05, 3.63) is 76.3 Å². The molecule has 0 atom stereocenters. The number of piperazine rings is 1. The Balaban J connectivity index is 1.18. The summed E-state index contributed by atoms with van der Waals surface area (Å²) in [5.74, 6) is 2.44. The fraction of sp³-hybridized carbons (Fsp3) is 0.333. The lowest BCUT2D eigenvalue weighted by Crippen LogP contribution is -2.49. The minimum absolute atomic E-state index is 0.0309. The largest absolute Gasteiger partial charge is 0.497 e. The fourth-order valence-corrected chi connectivity index (χ4v) is 4.37. The zero-order valence-corrected chi connectivity index (χ0v) is 21.0. The molecule has 0 saturated carbocycles. The van der Waals surface area contributed by atoms with Gasteiger partial charge in [0.25, 0.3) is 0 Å². The van der Waals surface area contributed by atoms with Crippen LogP contribution in [-0.2, 0) is 11.4 Å². The number of rotatable bonds is 10. The quantitative estimate of drug-likeness (QED) is 0.393. The molecule has 0 unspecified atom stereocenters. The van der Waals surface area contributed by atoms with E-state index in [1.54, 1.807) is 24.5 Å². The summed E-state index contributed by atoms with van der Waals surface area (Å²) in [7, 11) is 1.65. The van der Waals surface area contributed by atoms with E-state index in [1.165, 1.54) is 0 Å². The van der Waals surface area contributed by atoms with Gasteiger partial charge in [0, 0.05) is 44.2 Å². The van der Waals surface area contributed by atoms with Gasteiger partial charge in [-0.2, -0.15) is 0 Å². The number of hydrogen-bond acceptors (Lipinski definition) is 7. The second kappa shape index (κ2) is 12.4. The van der Waals surface area contributed by atoms with E-state index in [1.807, 2.05) is 71.8 Å². The molecule has 0 N–H and O–H groups in total. The van der Waals surface area contributed by atoms with E-state index in [4.69, 9.17) is 14.2 Å². The van der Waals surface area contributed by atoms with Crippen LogP contribution in [0, 0.1) is 6.92 Å². The molecule has 1 amide bonds. The van der Waals surface area contributed by atoms with E-state index >= 15 is 0 Å². The Morgan fingerprint density at radius 2 is 1.80 bits per heavy atom. The highest BCUT2D eigenvalue weighted by atomic mass is 32.1. The number of carbonyl (C=O) groups excluding carboxylic acids is 1. The van der Waals surface area contributed by atoms with E-state index in [0.717, 1.165) is 53.1 Å². The van der Waals surface area contributed by atoms with Crippen molar-refractivity contribution in [2.45, 2.75) is 13.5 Å². The highest BCUT2D eigenvalue weighted by Gasteiger charge is 2.19. The van der Waals surface area contributed by atoms with Crippen LogP contribution < -0.4 is 14.2 Å². The third-order valence-electron chi connectivity index (χ3n) is 5.75. The van der Waals surface area contributed by atoms with Gasteiger partial charge in [0.15, 0.2) is 0 Å². The van der Waals surface area contributed by atoms with E-state index in [9.17, 15) is 4.79 Å². The van der Waals surface area contributed by atoms with Crippen molar-refractivity contribution in [3.8, 4) is 17.2 Å². The van der Waals surface area contributed by atoms with Crippen molar-refractivity contribution < 1.29 is 19.0 Å². The lowest BCUT2D eigenvalue weighted by Gasteiger charge is -2.34. The normalized spacial score (nSPS) is 14.3. The Morgan fingerprint density at radius 3 is 2.51 bits per heavy atom. The number of aryl methyl sites for hydroxylation is 1. The summed E-state index contributed by atoms with van der Waals surface area (Å²) < 4.78 is 16.8. The van der Waals surface area contributed by atoms with Crippen LogP contribution in [-0.4, -0.2) is 67.1 Å². The molecule has 3 aromatic rings. The number of aromatic nitrogens is 1. The number of carbonyl (C=O) groups is 1. The summed E-state index contributed by atoms with van der Waals surface area (Å²) in [5, 5.41) is 3.03. The Hall–Kier alpha value is -3.36. The van der Waals surface area contributed by atoms with Gasteiger partial charge in [0.1, 0.15) is 30.5 Å². The summed E-state index contributed by atoms with van der Waals surface area (Å²) in [6, 6.07) is 15.3. The molecule has 1 saturated heterocycles. The van der Waals surface area contributed by atoms with Crippen molar-refractivity contribution in [1.82, 2.24) is 14.8 Å². The molecule has 0 spiro atoms. The van der Waals surface area contributed by atoms with Gasteiger partial charge in [0.2, 0.25) is 5.91 Å². The van der Waals surface area contributed by atoms with Gasteiger partial charge in [-0.05, 0) is 55.0 Å². The van der Waals surface area contributed by atoms with Gasteiger partial charge in [-0.1, -0.05) is 12.1 Å². The molecular formula is C27H31N3O4S. The monoisotopic (exact) mass is 493 g/mol. The van der Waals surface area contributed by atoms with E-state index in [-0.39, 0.29) is 5.91 Å². The number of amides is 1. The molecule has 8 heteroatoms. The molecule has 184 valence electrons. The van der Waals surface area contributed by atoms with Crippen LogP contribution in [0.5, 0.6) is 17.2 Å². The van der Waals surface area contributed by atoms with E-state index < -0.39 is 0 Å². The van der Waals surface area contributed by atoms with E-state index in [0.29, 0.717) is 26.3 Å². The number of hydrogen-bond donors (Lipinski definition) is 0. The summed E-state index contributed by atoms with van der Waals surface area (Å²) in [6.45, 7) is 6.96. The topological polar surface area (TPSA) is 64.1 Å². The van der Waals surface area contributed by atoms with Crippen LogP contribution >= 0.6 is 11.3 Å². The molecule has 0 aliphatic carbocycles. The number of thiazole rings is 1. The molecule has 2 aromatic carbocycles. The van der Waals surface area contributed by atoms with E-state index in [2.05, 4.69) is 9.88 Å². The Kier molecular flexibility index (Phi) is 8.75. The van der Waals surface area contributed by atoms with Gasteiger partial charge in [-0.25, -0.2) is 4.98 Å². The van der Waals surface area contributed by atoms with Crippen molar-refractivity contribution >= 4 is 23.3 Å². The lowest BCUT2D eigenvalue weighted by molar-refractivity contribution is -0.127. The van der Waals surface area contributed by atoms with Gasteiger partial charge in [-0.3, -0.25) is 9.69 Å². The zero-order valence-electron chi connectivity index (χ0n) is 20.2. The molecule has 4 rings (SSSR count). The summed E-state index contributed by atoms with van der Waals surface area (Å²) in [4.78, 5) is 21.3. The first-order valence-electron chi connectivity index (χ1n) is 11.7. The maximum atomic E-state index is 12.7. The van der Waals surface area contributed by atoms with Crippen molar-refractivity contribution in [1.29, 1.82) is 0 Å². The predicted octanol–water partition coefficient (Wildman–Crippen LogP) is 4.28.